The van der Waals surface area contributed by atoms with Gasteiger partial charge in [-0.15, -0.1) is 0 Å². The van der Waals surface area contributed by atoms with Crippen LogP contribution in [0, 0.1) is 11.8 Å². The quantitative estimate of drug-likeness (QED) is 0.325. The van der Waals surface area contributed by atoms with Gasteiger partial charge in [0.2, 0.25) is 0 Å². The number of carbonyl (C=O) groups excluding carboxylic acids is 2. The molecule has 182 valence electrons. The molecule has 8 nitrogen and oxygen atoms in total. The molecule has 0 aromatic heterocycles. The first-order valence-electron chi connectivity index (χ1n) is 11.6. The summed E-state index contributed by atoms with van der Waals surface area (Å²) < 4.78 is 28.7. The minimum atomic E-state index is -0.747. The fraction of sp³-hybridized carbons (Fsp3) is 0.833. The van der Waals surface area contributed by atoms with E-state index in [-0.39, 0.29) is 29.6 Å². The number of ether oxygens (including phenoxy) is 5. The second-order valence-electron chi connectivity index (χ2n) is 10.2. The summed E-state index contributed by atoms with van der Waals surface area (Å²) in [5.74, 6) is -0.317. The van der Waals surface area contributed by atoms with Gasteiger partial charge in [0.15, 0.2) is 0 Å². The summed E-state index contributed by atoms with van der Waals surface area (Å²) in [7, 11) is 2.95. The van der Waals surface area contributed by atoms with Crippen molar-refractivity contribution >= 4 is 12.1 Å². The van der Waals surface area contributed by atoms with Gasteiger partial charge >= 0.3 is 12.1 Å². The van der Waals surface area contributed by atoms with E-state index in [1.165, 1.54) is 12.7 Å². The monoisotopic (exact) mass is 453 g/mol. The van der Waals surface area contributed by atoms with Crippen LogP contribution in [-0.4, -0.2) is 68.4 Å². The molecule has 0 aromatic rings. The van der Waals surface area contributed by atoms with Crippen molar-refractivity contribution in [3.8, 4) is 0 Å². The van der Waals surface area contributed by atoms with Crippen molar-refractivity contribution in [2.45, 2.75) is 95.9 Å². The number of esters is 1. The fourth-order valence-corrected chi connectivity index (χ4v) is 5.21. The summed E-state index contributed by atoms with van der Waals surface area (Å²) in [6, 6.07) is -0.747. The van der Waals surface area contributed by atoms with Gasteiger partial charge in [-0.3, -0.25) is 0 Å². The molecule has 2 aliphatic heterocycles. The van der Waals surface area contributed by atoms with Gasteiger partial charge in [0, 0.05) is 7.11 Å². The van der Waals surface area contributed by atoms with Gasteiger partial charge < -0.3 is 29.0 Å². The Balaban J connectivity index is 1.69. The first kappa shape index (κ1) is 25.0. The third kappa shape index (κ3) is 5.29. The van der Waals surface area contributed by atoms with E-state index in [9.17, 15) is 9.59 Å². The van der Waals surface area contributed by atoms with Gasteiger partial charge in [-0.05, 0) is 52.4 Å². The Kier molecular flexibility index (Phi) is 7.57. The van der Waals surface area contributed by atoms with Crippen LogP contribution in [0.5, 0.6) is 0 Å². The van der Waals surface area contributed by atoms with Gasteiger partial charge in [0.05, 0.1) is 25.7 Å². The highest BCUT2D eigenvalue weighted by atomic mass is 16.6. The Labute approximate surface area is 191 Å². The van der Waals surface area contributed by atoms with Crippen molar-refractivity contribution in [3.63, 3.8) is 0 Å². The normalized spacial score (nSPS) is 36.4. The largest absolute Gasteiger partial charge is 0.467 e. The maximum absolute atomic E-state index is 12.7. The highest BCUT2D eigenvalue weighted by molar-refractivity contribution is 5.81. The molecular formula is C24H39NO7. The molecule has 1 spiro atoms. The second-order valence-corrected chi connectivity index (χ2v) is 10.2. The summed E-state index contributed by atoms with van der Waals surface area (Å²) in [4.78, 5) is 24.8. The van der Waals surface area contributed by atoms with Crippen molar-refractivity contribution in [2.75, 3.05) is 20.8 Å². The van der Waals surface area contributed by atoms with Crippen molar-refractivity contribution in [1.82, 2.24) is 5.32 Å². The number of rotatable bonds is 9. The van der Waals surface area contributed by atoms with Crippen molar-refractivity contribution < 1.29 is 33.3 Å². The van der Waals surface area contributed by atoms with Gasteiger partial charge in [-0.25, -0.2) is 9.59 Å². The highest BCUT2D eigenvalue weighted by Crippen LogP contribution is 2.59. The minimum absolute atomic E-state index is 0.0471. The topological polar surface area (TPSA) is 98.9 Å². The molecule has 1 amide bonds. The lowest BCUT2D eigenvalue weighted by Crippen LogP contribution is -2.56. The van der Waals surface area contributed by atoms with E-state index in [0.717, 1.165) is 12.8 Å². The lowest BCUT2D eigenvalue weighted by Gasteiger charge is -2.42. The van der Waals surface area contributed by atoms with Crippen LogP contribution in [0.2, 0.25) is 0 Å². The number of carbonyl (C=O) groups is 2. The van der Waals surface area contributed by atoms with Crippen LogP contribution >= 0.6 is 0 Å². The molecule has 0 bridgehead atoms. The molecule has 0 unspecified atom stereocenters. The Hall–Kier alpha value is -1.64. The molecule has 1 N–H and O–H groups in total. The lowest BCUT2D eigenvalue weighted by atomic mass is 9.68. The zero-order valence-electron chi connectivity index (χ0n) is 20.4. The van der Waals surface area contributed by atoms with E-state index in [0.29, 0.717) is 19.4 Å². The molecule has 2 saturated heterocycles. The summed E-state index contributed by atoms with van der Waals surface area (Å²) in [5, 5.41) is 2.68. The number of hydrogen-bond acceptors (Lipinski definition) is 7. The van der Waals surface area contributed by atoms with E-state index in [1.54, 1.807) is 7.11 Å². The first-order chi connectivity index (χ1) is 15.1. The van der Waals surface area contributed by atoms with Crippen LogP contribution in [0.25, 0.3) is 0 Å². The summed E-state index contributed by atoms with van der Waals surface area (Å²) >= 11 is 0. The average Bonchev–Trinajstić information content (AvgIpc) is 3.63. The van der Waals surface area contributed by atoms with Crippen molar-refractivity contribution in [2.24, 2.45) is 11.8 Å². The van der Waals surface area contributed by atoms with Gasteiger partial charge in [0.25, 0.3) is 0 Å². The molecular weight excluding hydrogens is 414 g/mol. The number of nitrogens with one attached hydrogen (secondary N) is 1. The molecule has 1 aliphatic carbocycles. The van der Waals surface area contributed by atoms with Crippen molar-refractivity contribution in [3.05, 3.63) is 11.6 Å². The fourth-order valence-electron chi connectivity index (χ4n) is 5.21. The molecule has 8 heteroatoms. The van der Waals surface area contributed by atoms with Crippen LogP contribution in [-0.2, 0) is 28.5 Å². The average molecular weight is 454 g/mol. The Bertz CT molecular complexity index is 728. The molecule has 2 heterocycles. The summed E-state index contributed by atoms with van der Waals surface area (Å²) in [6.45, 7) is 10.9. The molecule has 1 saturated carbocycles. The van der Waals surface area contributed by atoms with Crippen LogP contribution in [0.4, 0.5) is 4.79 Å². The molecule has 32 heavy (non-hydrogen) atoms. The van der Waals surface area contributed by atoms with Crippen LogP contribution in [0.3, 0.4) is 0 Å². The standard InChI is InChI=1S/C24H39NO7/c1-14(2)8-9-18-23(5,32-18)20-19(28-6)17(10-11-24(20)13-30-24)31-22(27)25-16(12-15(3)4)21(26)29-7/h8,15-20H,9-13H2,1-7H3,(H,25,27)/t16-,17-,18+,19-,20-,23-,24+/m1/s1. The SMILES string of the molecule is COC(=O)[C@@H](CC(C)C)NC(=O)O[C@@H]1CC[C@]2(CO2)[C@@H]([C@]2(C)O[C@H]2CC=C(C)C)[C@@H]1OC. The van der Waals surface area contributed by atoms with E-state index in [4.69, 9.17) is 23.7 Å². The lowest BCUT2D eigenvalue weighted by molar-refractivity contribution is -0.143. The van der Waals surface area contributed by atoms with Gasteiger partial charge in [-0.1, -0.05) is 25.5 Å². The smallest absolute Gasteiger partial charge is 0.408 e. The Morgan fingerprint density at radius 2 is 1.94 bits per heavy atom. The number of methoxy groups -OCH3 is 2. The van der Waals surface area contributed by atoms with Crippen LogP contribution in [0.1, 0.15) is 60.3 Å². The number of allylic oxidation sites excluding steroid dienone is 1. The van der Waals surface area contributed by atoms with Crippen molar-refractivity contribution in [1.29, 1.82) is 0 Å². The number of alkyl carbamates (subject to hydrolysis) is 1. The molecule has 3 aliphatic rings. The van der Waals surface area contributed by atoms with E-state index in [1.807, 2.05) is 13.8 Å². The maximum atomic E-state index is 12.7. The first-order valence-corrected chi connectivity index (χ1v) is 11.6. The Morgan fingerprint density at radius 1 is 1.25 bits per heavy atom. The predicted molar refractivity (Wildman–Crippen MR) is 118 cm³/mol. The van der Waals surface area contributed by atoms with E-state index >= 15 is 0 Å². The van der Waals surface area contributed by atoms with Gasteiger partial charge in [0.1, 0.15) is 29.5 Å². The molecule has 3 fully saturated rings. The third-order valence-electron chi connectivity index (χ3n) is 6.98. The van der Waals surface area contributed by atoms with Gasteiger partial charge in [-0.2, -0.15) is 0 Å². The Morgan fingerprint density at radius 3 is 2.47 bits per heavy atom. The maximum Gasteiger partial charge on any atom is 0.408 e. The number of amides is 1. The predicted octanol–water partition coefficient (Wildman–Crippen LogP) is 3.38. The molecule has 7 atom stereocenters. The summed E-state index contributed by atoms with van der Waals surface area (Å²) in [6.07, 6.45) is 3.53. The molecule has 0 aromatic carbocycles. The zero-order valence-corrected chi connectivity index (χ0v) is 20.4. The highest BCUT2D eigenvalue weighted by Gasteiger charge is 2.72. The number of epoxide rings is 2. The minimum Gasteiger partial charge on any atom is -0.467 e. The summed E-state index contributed by atoms with van der Waals surface area (Å²) in [5.41, 5.74) is 0.581. The number of hydrogen-bond donors (Lipinski definition) is 1. The van der Waals surface area contributed by atoms with Crippen LogP contribution in [0.15, 0.2) is 11.6 Å². The molecule has 0 radical (unpaired) electrons. The van der Waals surface area contributed by atoms with E-state index in [2.05, 4.69) is 32.2 Å². The zero-order chi connectivity index (χ0) is 23.7. The third-order valence-corrected chi connectivity index (χ3v) is 6.98. The molecule has 3 rings (SSSR count). The van der Waals surface area contributed by atoms with E-state index < -0.39 is 29.8 Å². The second kappa shape index (κ2) is 9.69. The van der Waals surface area contributed by atoms with Crippen LogP contribution < -0.4 is 5.32 Å².